The Labute approximate surface area is 203 Å². The predicted octanol–water partition coefficient (Wildman–Crippen LogP) is 1.80. The van der Waals surface area contributed by atoms with Crippen molar-refractivity contribution in [1.29, 1.82) is 5.26 Å². The van der Waals surface area contributed by atoms with Crippen LogP contribution in [-0.4, -0.2) is 86.9 Å². The van der Waals surface area contributed by atoms with Crippen LogP contribution < -0.4 is 4.90 Å². The Kier molecular flexibility index (Phi) is 6.46. The van der Waals surface area contributed by atoms with Crippen molar-refractivity contribution in [2.24, 2.45) is 7.05 Å². The smallest absolute Gasteiger partial charge is 0.128 e. The van der Waals surface area contributed by atoms with Crippen molar-refractivity contribution in [3.05, 3.63) is 54.7 Å². The molecule has 0 bridgehead atoms. The number of aliphatic hydroxyl groups excluding tert-OH is 1. The average molecular weight is 473 g/mol. The number of aliphatic hydroxyl groups is 1. The maximum atomic E-state index is 9.99. The maximum Gasteiger partial charge on any atom is 0.128 e. The monoisotopic (exact) mass is 472 g/mol. The maximum absolute atomic E-state index is 9.99. The minimum Gasteiger partial charge on any atom is -0.389 e. The molecule has 1 aliphatic rings. The Bertz CT molecular complexity index is 1350. The highest BCUT2D eigenvalue weighted by molar-refractivity contribution is 5.87. The van der Waals surface area contributed by atoms with E-state index < -0.39 is 6.10 Å². The molecule has 5 heterocycles. The number of aromatic nitrogens is 5. The number of hydrogen-bond acceptors (Lipinski definition) is 8. The summed E-state index contributed by atoms with van der Waals surface area (Å²) in [5, 5.41) is 28.3. The molecule has 10 nitrogen and oxygen atoms in total. The number of β-amino-alcohol motifs (C(OH)–C–C–N with tert-alkyl or cyclic N) is 1. The number of piperazine rings is 1. The minimum absolute atomic E-state index is 0.350. The molecule has 1 unspecified atom stereocenters. The van der Waals surface area contributed by atoms with Crippen molar-refractivity contribution >= 4 is 11.3 Å². The molecule has 0 saturated carbocycles. The number of methoxy groups -OCH3 is 1. The van der Waals surface area contributed by atoms with E-state index in [9.17, 15) is 10.4 Å². The van der Waals surface area contributed by atoms with Crippen molar-refractivity contribution in [1.82, 2.24) is 29.3 Å². The lowest BCUT2D eigenvalue weighted by Crippen LogP contribution is -2.49. The van der Waals surface area contributed by atoms with E-state index in [-0.39, 0.29) is 0 Å². The molecule has 0 amide bonds. The molecule has 0 aliphatic carbocycles. The molecule has 35 heavy (non-hydrogen) atoms. The topological polar surface area (TPSA) is 108 Å². The lowest BCUT2D eigenvalue weighted by molar-refractivity contribution is 0.0365. The van der Waals surface area contributed by atoms with Gasteiger partial charge in [-0.05, 0) is 18.2 Å². The van der Waals surface area contributed by atoms with Gasteiger partial charge in [0.1, 0.15) is 11.9 Å². The van der Waals surface area contributed by atoms with Crippen LogP contribution >= 0.6 is 0 Å². The van der Waals surface area contributed by atoms with E-state index in [0.717, 1.165) is 59.8 Å². The third-order valence-corrected chi connectivity index (χ3v) is 6.35. The predicted molar refractivity (Wildman–Crippen MR) is 132 cm³/mol. The highest BCUT2D eigenvalue weighted by atomic mass is 16.5. The number of hydrogen-bond donors (Lipinski definition) is 1. The third kappa shape index (κ3) is 4.74. The molecule has 5 rings (SSSR count). The molecule has 1 aliphatic heterocycles. The van der Waals surface area contributed by atoms with Gasteiger partial charge in [0.25, 0.3) is 0 Å². The summed E-state index contributed by atoms with van der Waals surface area (Å²) in [4.78, 5) is 9.26. The summed E-state index contributed by atoms with van der Waals surface area (Å²) in [5.74, 6) is 0.916. The summed E-state index contributed by atoms with van der Waals surface area (Å²) < 4.78 is 8.54. The quantitative estimate of drug-likeness (QED) is 0.434. The largest absolute Gasteiger partial charge is 0.389 e. The molecule has 0 aromatic carbocycles. The summed E-state index contributed by atoms with van der Waals surface area (Å²) in [6.45, 7) is 4.37. The number of nitriles is 1. The van der Waals surface area contributed by atoms with Crippen LogP contribution in [0.5, 0.6) is 0 Å². The zero-order chi connectivity index (χ0) is 24.4. The molecular weight excluding hydrogens is 444 g/mol. The second-order valence-electron chi connectivity index (χ2n) is 8.81. The highest BCUT2D eigenvalue weighted by Gasteiger charge is 2.21. The fourth-order valence-electron chi connectivity index (χ4n) is 4.59. The number of rotatable bonds is 7. The van der Waals surface area contributed by atoms with Crippen LogP contribution in [0.25, 0.3) is 27.8 Å². The lowest BCUT2D eigenvalue weighted by Gasteiger charge is -2.36. The van der Waals surface area contributed by atoms with Gasteiger partial charge in [-0.1, -0.05) is 0 Å². The standard InChI is InChI=1S/C25H28N8O2/c1-30-14-21(13-28-30)19-9-23(25-20(10-26)12-29-33(25)15-19)18-3-4-24(27-11-18)32-7-5-31(6-8-32)16-22(34)17-35-2/h3-4,9,11-15,22,34H,5-8,16-17H2,1-2H3. The molecular formula is C25H28N8O2. The number of aryl methyl sites for hydroxylation is 1. The molecule has 1 fully saturated rings. The van der Waals surface area contributed by atoms with Crippen LogP contribution in [0.2, 0.25) is 0 Å². The van der Waals surface area contributed by atoms with Gasteiger partial charge in [-0.25, -0.2) is 9.50 Å². The summed E-state index contributed by atoms with van der Waals surface area (Å²) in [7, 11) is 3.49. The minimum atomic E-state index is -0.468. The lowest BCUT2D eigenvalue weighted by atomic mass is 10.0. The summed E-state index contributed by atoms with van der Waals surface area (Å²) >= 11 is 0. The van der Waals surface area contributed by atoms with Crippen molar-refractivity contribution in [3.8, 4) is 28.3 Å². The number of ether oxygens (including phenoxy) is 1. The van der Waals surface area contributed by atoms with Crippen LogP contribution in [-0.2, 0) is 11.8 Å². The Morgan fingerprint density at radius 3 is 2.54 bits per heavy atom. The van der Waals surface area contributed by atoms with Gasteiger partial charge in [0.15, 0.2) is 0 Å². The molecule has 1 N–H and O–H groups in total. The first-order chi connectivity index (χ1) is 17.1. The number of anilines is 1. The van der Waals surface area contributed by atoms with Gasteiger partial charge >= 0.3 is 0 Å². The molecule has 10 heteroatoms. The zero-order valence-corrected chi connectivity index (χ0v) is 19.9. The molecule has 4 aromatic rings. The first-order valence-corrected chi connectivity index (χ1v) is 11.6. The summed E-state index contributed by atoms with van der Waals surface area (Å²) in [6.07, 6.45) is 8.67. The van der Waals surface area contributed by atoms with Gasteiger partial charge < -0.3 is 14.7 Å². The van der Waals surface area contributed by atoms with Crippen LogP contribution in [0.15, 0.2) is 49.2 Å². The molecule has 1 atom stereocenters. The van der Waals surface area contributed by atoms with E-state index >= 15 is 0 Å². The molecule has 0 spiro atoms. The van der Waals surface area contributed by atoms with E-state index in [1.165, 1.54) is 0 Å². The van der Waals surface area contributed by atoms with Gasteiger partial charge in [0, 0.05) is 87.7 Å². The van der Waals surface area contributed by atoms with Gasteiger partial charge in [-0.2, -0.15) is 15.5 Å². The fourth-order valence-corrected chi connectivity index (χ4v) is 4.59. The van der Waals surface area contributed by atoms with Crippen LogP contribution in [0, 0.1) is 11.3 Å². The van der Waals surface area contributed by atoms with E-state index in [1.807, 2.05) is 44.0 Å². The Morgan fingerprint density at radius 1 is 1.06 bits per heavy atom. The van der Waals surface area contributed by atoms with Crippen LogP contribution in [0.1, 0.15) is 5.56 Å². The Balaban J connectivity index is 1.39. The fraction of sp³-hybridized carbons (Fsp3) is 0.360. The number of pyridine rings is 2. The summed E-state index contributed by atoms with van der Waals surface area (Å²) in [5.41, 5.74) is 5.04. The molecule has 0 radical (unpaired) electrons. The number of nitrogens with zero attached hydrogens (tertiary/aromatic N) is 8. The molecule has 4 aromatic heterocycles. The average Bonchev–Trinajstić information content (AvgIpc) is 3.50. The van der Waals surface area contributed by atoms with Gasteiger partial charge in [-0.15, -0.1) is 0 Å². The van der Waals surface area contributed by atoms with Crippen molar-refractivity contribution < 1.29 is 9.84 Å². The summed E-state index contributed by atoms with van der Waals surface area (Å²) in [6, 6.07) is 8.40. The number of fused-ring (bicyclic) bond motifs is 1. The zero-order valence-electron chi connectivity index (χ0n) is 19.9. The Morgan fingerprint density at radius 2 is 1.89 bits per heavy atom. The van der Waals surface area contributed by atoms with E-state index in [1.54, 1.807) is 22.5 Å². The van der Waals surface area contributed by atoms with Gasteiger partial charge in [-0.3, -0.25) is 9.58 Å². The Hall–Kier alpha value is -3.78. The SMILES string of the molecule is COCC(O)CN1CCN(c2ccc(-c3cc(-c4cnn(C)c4)cn4ncc(C#N)c34)cn2)CC1. The molecule has 180 valence electrons. The van der Waals surface area contributed by atoms with Crippen LogP contribution in [0.4, 0.5) is 5.82 Å². The molecule has 1 saturated heterocycles. The van der Waals surface area contributed by atoms with E-state index in [2.05, 4.69) is 32.1 Å². The van der Waals surface area contributed by atoms with E-state index in [0.29, 0.717) is 18.7 Å². The van der Waals surface area contributed by atoms with Crippen molar-refractivity contribution in [2.45, 2.75) is 6.10 Å². The van der Waals surface area contributed by atoms with E-state index in [4.69, 9.17) is 9.72 Å². The van der Waals surface area contributed by atoms with Gasteiger partial charge in [0.2, 0.25) is 0 Å². The van der Waals surface area contributed by atoms with Crippen molar-refractivity contribution in [3.63, 3.8) is 0 Å². The highest BCUT2D eigenvalue weighted by Crippen LogP contribution is 2.32. The van der Waals surface area contributed by atoms with Gasteiger partial charge in [0.05, 0.1) is 36.2 Å². The third-order valence-electron chi connectivity index (χ3n) is 6.35. The van der Waals surface area contributed by atoms with Crippen molar-refractivity contribution in [2.75, 3.05) is 51.3 Å². The normalized spacial score (nSPS) is 15.4. The first-order valence-electron chi connectivity index (χ1n) is 11.6. The van der Waals surface area contributed by atoms with Crippen LogP contribution in [0.3, 0.4) is 0 Å². The first kappa shape index (κ1) is 23.0. The second kappa shape index (κ2) is 9.84. The second-order valence-corrected chi connectivity index (χ2v) is 8.81.